The monoisotopic (exact) mass is 509 g/mol. The number of carbonyl (C=O) groups is 2. The van der Waals surface area contributed by atoms with Gasteiger partial charge in [0.05, 0.1) is 19.1 Å². The average molecular weight is 510 g/mol. The van der Waals surface area contributed by atoms with Gasteiger partial charge < -0.3 is 15.0 Å². The minimum absolute atomic E-state index is 0.0947. The van der Waals surface area contributed by atoms with E-state index in [1.807, 2.05) is 6.92 Å². The Bertz CT molecular complexity index is 1090. The molecule has 0 unspecified atom stereocenters. The molecule has 0 fully saturated rings. The molecule has 0 saturated heterocycles. The van der Waals surface area contributed by atoms with Crippen LogP contribution in [-0.2, 0) is 26.2 Å². The van der Waals surface area contributed by atoms with E-state index in [0.29, 0.717) is 17.3 Å². The van der Waals surface area contributed by atoms with E-state index in [9.17, 15) is 18.0 Å². The van der Waals surface area contributed by atoms with Crippen LogP contribution in [0.5, 0.6) is 5.75 Å². The standard InChI is InChI=1S/C24H32ClN3O5S/c1-5-6-13-26-24(30)18(2)27(16-19-9-7-10-20(25)14-19)23(29)17-28(34(4,31)32)21-11-8-12-22(15-21)33-3/h7-12,14-15,18H,5-6,13,16-17H2,1-4H3,(H,26,30)/t18-/m0/s1. The van der Waals surface area contributed by atoms with E-state index in [2.05, 4.69) is 5.32 Å². The SMILES string of the molecule is CCCCNC(=O)[C@H](C)N(Cc1cccc(Cl)c1)C(=O)CN(c1cccc(OC)c1)S(C)(=O)=O. The summed E-state index contributed by atoms with van der Waals surface area (Å²) in [5.74, 6) is -0.375. The van der Waals surface area contributed by atoms with Crippen molar-refractivity contribution in [1.29, 1.82) is 0 Å². The predicted octanol–water partition coefficient (Wildman–Crippen LogP) is 3.45. The fraction of sp³-hybridized carbons (Fsp3) is 0.417. The molecule has 10 heteroatoms. The van der Waals surface area contributed by atoms with Crippen LogP contribution < -0.4 is 14.4 Å². The number of sulfonamides is 1. The summed E-state index contributed by atoms with van der Waals surface area (Å²) in [6.07, 6.45) is 2.77. The van der Waals surface area contributed by atoms with Crippen molar-refractivity contribution in [3.8, 4) is 5.75 Å². The van der Waals surface area contributed by atoms with E-state index >= 15 is 0 Å². The number of benzene rings is 2. The molecule has 0 saturated carbocycles. The zero-order chi connectivity index (χ0) is 25.3. The van der Waals surface area contributed by atoms with Crippen LogP contribution in [0.15, 0.2) is 48.5 Å². The van der Waals surface area contributed by atoms with Gasteiger partial charge in [0, 0.05) is 24.2 Å². The number of anilines is 1. The summed E-state index contributed by atoms with van der Waals surface area (Å²) in [5.41, 5.74) is 1.01. The first-order chi connectivity index (χ1) is 16.1. The Balaban J connectivity index is 2.36. The Labute approximate surface area is 206 Å². The molecule has 34 heavy (non-hydrogen) atoms. The minimum Gasteiger partial charge on any atom is -0.497 e. The maximum Gasteiger partial charge on any atom is 0.244 e. The highest BCUT2D eigenvalue weighted by atomic mass is 35.5. The first-order valence-corrected chi connectivity index (χ1v) is 13.2. The quantitative estimate of drug-likeness (QED) is 0.442. The lowest BCUT2D eigenvalue weighted by atomic mass is 10.1. The van der Waals surface area contributed by atoms with Crippen LogP contribution in [0.1, 0.15) is 32.3 Å². The number of nitrogens with zero attached hydrogens (tertiary/aromatic N) is 2. The van der Waals surface area contributed by atoms with Crippen molar-refractivity contribution in [2.45, 2.75) is 39.3 Å². The first-order valence-electron chi connectivity index (χ1n) is 11.0. The number of unbranched alkanes of at least 4 members (excludes halogenated alkanes) is 1. The average Bonchev–Trinajstić information content (AvgIpc) is 2.79. The third-order valence-electron chi connectivity index (χ3n) is 5.26. The second-order valence-corrected chi connectivity index (χ2v) is 10.3. The van der Waals surface area contributed by atoms with Crippen LogP contribution in [0.25, 0.3) is 0 Å². The van der Waals surface area contributed by atoms with Gasteiger partial charge in [0.25, 0.3) is 0 Å². The van der Waals surface area contributed by atoms with Gasteiger partial charge in [-0.2, -0.15) is 0 Å². The Morgan fingerprint density at radius 3 is 2.47 bits per heavy atom. The molecule has 0 bridgehead atoms. The molecular weight excluding hydrogens is 478 g/mol. The normalized spacial score (nSPS) is 12.0. The predicted molar refractivity (Wildman–Crippen MR) is 135 cm³/mol. The maximum absolute atomic E-state index is 13.5. The number of methoxy groups -OCH3 is 1. The first kappa shape index (κ1) is 27.5. The van der Waals surface area contributed by atoms with Gasteiger partial charge in [0.1, 0.15) is 18.3 Å². The van der Waals surface area contributed by atoms with Gasteiger partial charge in [0.2, 0.25) is 21.8 Å². The van der Waals surface area contributed by atoms with Gasteiger partial charge >= 0.3 is 0 Å². The van der Waals surface area contributed by atoms with Gasteiger partial charge in [-0.1, -0.05) is 43.1 Å². The molecule has 186 valence electrons. The van der Waals surface area contributed by atoms with E-state index < -0.39 is 28.5 Å². The number of amides is 2. The molecule has 0 heterocycles. The number of hydrogen-bond acceptors (Lipinski definition) is 5. The van der Waals surface area contributed by atoms with Crippen molar-refractivity contribution < 1.29 is 22.7 Å². The Morgan fingerprint density at radius 1 is 1.15 bits per heavy atom. The van der Waals surface area contributed by atoms with Crippen molar-refractivity contribution in [3.63, 3.8) is 0 Å². The van der Waals surface area contributed by atoms with Crippen molar-refractivity contribution in [3.05, 3.63) is 59.1 Å². The number of carbonyl (C=O) groups excluding carboxylic acids is 2. The molecule has 8 nitrogen and oxygen atoms in total. The highest BCUT2D eigenvalue weighted by molar-refractivity contribution is 7.92. The summed E-state index contributed by atoms with van der Waals surface area (Å²) in [4.78, 5) is 27.6. The van der Waals surface area contributed by atoms with Gasteiger partial charge in [0.15, 0.2) is 0 Å². The number of rotatable bonds is 12. The molecule has 0 radical (unpaired) electrons. The lowest BCUT2D eigenvalue weighted by Gasteiger charge is -2.31. The van der Waals surface area contributed by atoms with E-state index in [-0.39, 0.29) is 18.1 Å². The third-order valence-corrected chi connectivity index (χ3v) is 6.63. The largest absolute Gasteiger partial charge is 0.497 e. The van der Waals surface area contributed by atoms with E-state index in [1.165, 1.54) is 18.1 Å². The minimum atomic E-state index is -3.81. The van der Waals surface area contributed by atoms with Crippen LogP contribution in [0.2, 0.25) is 5.02 Å². The highest BCUT2D eigenvalue weighted by Gasteiger charge is 2.30. The van der Waals surface area contributed by atoms with E-state index in [0.717, 1.165) is 29.0 Å². The molecule has 0 aliphatic heterocycles. The highest BCUT2D eigenvalue weighted by Crippen LogP contribution is 2.24. The summed E-state index contributed by atoms with van der Waals surface area (Å²) in [7, 11) is -2.33. The maximum atomic E-state index is 13.5. The molecule has 1 atom stereocenters. The van der Waals surface area contributed by atoms with Crippen molar-refractivity contribution in [2.75, 3.05) is 30.8 Å². The van der Waals surface area contributed by atoms with E-state index in [4.69, 9.17) is 16.3 Å². The van der Waals surface area contributed by atoms with Gasteiger partial charge in [-0.15, -0.1) is 0 Å². The summed E-state index contributed by atoms with van der Waals surface area (Å²) >= 11 is 6.11. The molecule has 2 amide bonds. The summed E-state index contributed by atoms with van der Waals surface area (Å²) in [6.45, 7) is 3.76. The van der Waals surface area contributed by atoms with Gasteiger partial charge in [-0.3, -0.25) is 13.9 Å². The fourth-order valence-electron chi connectivity index (χ4n) is 3.33. The number of hydrogen-bond donors (Lipinski definition) is 1. The number of ether oxygens (including phenoxy) is 1. The van der Waals surface area contributed by atoms with Crippen LogP contribution in [0.4, 0.5) is 5.69 Å². The summed E-state index contributed by atoms with van der Waals surface area (Å²) in [6, 6.07) is 12.6. The van der Waals surface area contributed by atoms with E-state index in [1.54, 1.807) is 49.4 Å². The second-order valence-electron chi connectivity index (χ2n) is 7.94. The van der Waals surface area contributed by atoms with Crippen LogP contribution in [-0.4, -0.2) is 57.6 Å². The zero-order valence-electron chi connectivity index (χ0n) is 20.0. The third kappa shape index (κ3) is 7.92. The lowest BCUT2D eigenvalue weighted by Crippen LogP contribution is -2.51. The van der Waals surface area contributed by atoms with Crippen molar-refractivity contribution >= 4 is 39.1 Å². The summed E-state index contributed by atoms with van der Waals surface area (Å²) < 4.78 is 31.4. The van der Waals surface area contributed by atoms with Crippen molar-refractivity contribution in [2.24, 2.45) is 0 Å². The summed E-state index contributed by atoms with van der Waals surface area (Å²) in [5, 5.41) is 3.34. The molecule has 0 spiro atoms. The van der Waals surface area contributed by atoms with Crippen LogP contribution in [0, 0.1) is 0 Å². The molecule has 2 rings (SSSR count). The molecule has 0 aromatic heterocycles. The second kappa shape index (κ2) is 12.6. The zero-order valence-corrected chi connectivity index (χ0v) is 21.5. The Kier molecular flexibility index (Phi) is 10.2. The van der Waals surface area contributed by atoms with Gasteiger partial charge in [-0.25, -0.2) is 8.42 Å². The molecule has 2 aromatic carbocycles. The van der Waals surface area contributed by atoms with Gasteiger partial charge in [-0.05, 0) is 43.2 Å². The Hall–Kier alpha value is -2.78. The Morgan fingerprint density at radius 2 is 1.85 bits per heavy atom. The molecular formula is C24H32ClN3O5S. The smallest absolute Gasteiger partial charge is 0.244 e. The van der Waals surface area contributed by atoms with Crippen LogP contribution >= 0.6 is 11.6 Å². The molecule has 1 N–H and O–H groups in total. The number of halogens is 1. The molecule has 0 aliphatic rings. The number of nitrogens with one attached hydrogen (secondary N) is 1. The molecule has 2 aromatic rings. The lowest BCUT2D eigenvalue weighted by molar-refractivity contribution is -0.139. The van der Waals surface area contributed by atoms with Crippen LogP contribution in [0.3, 0.4) is 0 Å². The topological polar surface area (TPSA) is 96.0 Å². The van der Waals surface area contributed by atoms with Crippen molar-refractivity contribution in [1.82, 2.24) is 10.2 Å². The fourth-order valence-corrected chi connectivity index (χ4v) is 4.38. The molecule has 0 aliphatic carbocycles.